The maximum absolute atomic E-state index is 6.25. The third-order valence-corrected chi connectivity index (χ3v) is 4.29. The third-order valence-electron chi connectivity index (χ3n) is 3.49. The van der Waals surface area contributed by atoms with Gasteiger partial charge >= 0.3 is 0 Å². The molecule has 1 aromatic carbocycles. The molecule has 7 heteroatoms. The first-order valence-corrected chi connectivity index (χ1v) is 8.60. The summed E-state index contributed by atoms with van der Waals surface area (Å²) in [6.07, 6.45) is 6.65. The van der Waals surface area contributed by atoms with Crippen LogP contribution in [0.2, 0.25) is 5.02 Å². The van der Waals surface area contributed by atoms with Crippen LogP contribution in [-0.4, -0.2) is 16.1 Å². The van der Waals surface area contributed by atoms with Gasteiger partial charge in [-0.1, -0.05) is 27.5 Å². The number of aryl methyl sites for hydroxylation is 1. The molecule has 24 heavy (non-hydrogen) atoms. The number of rotatable bonds is 7. The Labute approximate surface area is 160 Å². The van der Waals surface area contributed by atoms with Crippen molar-refractivity contribution >= 4 is 39.9 Å². The summed E-state index contributed by atoms with van der Waals surface area (Å²) < 4.78 is 8.89. The average molecular weight is 431 g/mol. The van der Waals surface area contributed by atoms with Gasteiger partial charge in [0.2, 0.25) is 0 Å². The molecule has 0 radical (unpaired) electrons. The molecule has 0 aliphatic heterocycles. The lowest BCUT2D eigenvalue weighted by Gasteiger charge is -2.04. The summed E-state index contributed by atoms with van der Waals surface area (Å²) in [4.78, 5) is 4.03. The van der Waals surface area contributed by atoms with E-state index in [1.165, 1.54) is 0 Å². The SMILES string of the molecule is Cl.Clc1cc(Br)ccc1-c1ccc(CNCCCn2ccnc2)o1. The summed E-state index contributed by atoms with van der Waals surface area (Å²) >= 11 is 9.66. The molecule has 1 N–H and O–H groups in total. The number of nitrogens with one attached hydrogen (secondary N) is 1. The number of imidazole rings is 1. The largest absolute Gasteiger partial charge is 0.460 e. The van der Waals surface area contributed by atoms with Crippen LogP contribution >= 0.6 is 39.9 Å². The van der Waals surface area contributed by atoms with Crippen molar-refractivity contribution in [3.63, 3.8) is 0 Å². The molecule has 0 fully saturated rings. The number of nitrogens with zero attached hydrogens (tertiary/aromatic N) is 2. The fourth-order valence-electron chi connectivity index (χ4n) is 2.32. The van der Waals surface area contributed by atoms with Crippen molar-refractivity contribution in [2.24, 2.45) is 0 Å². The molecular weight excluding hydrogens is 413 g/mol. The van der Waals surface area contributed by atoms with Crippen molar-refractivity contribution in [2.45, 2.75) is 19.5 Å². The second-order valence-electron chi connectivity index (χ2n) is 5.22. The van der Waals surface area contributed by atoms with Crippen LogP contribution in [-0.2, 0) is 13.1 Å². The molecule has 2 aromatic heterocycles. The first-order chi connectivity index (χ1) is 11.2. The first kappa shape index (κ1) is 19.1. The van der Waals surface area contributed by atoms with E-state index in [2.05, 4.69) is 30.8 Å². The van der Waals surface area contributed by atoms with E-state index in [4.69, 9.17) is 16.0 Å². The fraction of sp³-hybridized carbons (Fsp3) is 0.235. The Morgan fingerprint density at radius 1 is 1.25 bits per heavy atom. The average Bonchev–Trinajstić information content (AvgIpc) is 3.18. The topological polar surface area (TPSA) is 43.0 Å². The summed E-state index contributed by atoms with van der Waals surface area (Å²) in [6.45, 7) is 2.59. The van der Waals surface area contributed by atoms with Gasteiger partial charge < -0.3 is 14.3 Å². The highest BCUT2D eigenvalue weighted by Gasteiger charge is 2.09. The molecule has 128 valence electrons. The molecule has 0 atom stereocenters. The quantitative estimate of drug-likeness (QED) is 0.526. The van der Waals surface area contributed by atoms with E-state index in [9.17, 15) is 0 Å². The van der Waals surface area contributed by atoms with E-state index in [-0.39, 0.29) is 12.4 Å². The van der Waals surface area contributed by atoms with Gasteiger partial charge in [-0.15, -0.1) is 12.4 Å². The summed E-state index contributed by atoms with van der Waals surface area (Å²) in [5.41, 5.74) is 0.904. The highest BCUT2D eigenvalue weighted by Crippen LogP contribution is 2.31. The van der Waals surface area contributed by atoms with Gasteiger partial charge in [-0.25, -0.2) is 4.98 Å². The van der Waals surface area contributed by atoms with E-state index in [1.807, 2.05) is 42.9 Å². The zero-order valence-electron chi connectivity index (χ0n) is 12.9. The normalized spacial score (nSPS) is 10.6. The number of benzene rings is 1. The van der Waals surface area contributed by atoms with E-state index in [0.29, 0.717) is 11.6 Å². The fourth-order valence-corrected chi connectivity index (χ4v) is 3.09. The minimum Gasteiger partial charge on any atom is -0.460 e. The molecule has 4 nitrogen and oxygen atoms in total. The molecule has 2 heterocycles. The standard InChI is InChI=1S/C17H17BrClN3O.ClH/c18-13-2-4-15(16(19)10-13)17-5-3-14(23-17)11-20-6-1-8-22-9-7-21-12-22;/h2-5,7,9-10,12,20H,1,6,8,11H2;1H. The lowest BCUT2D eigenvalue weighted by Crippen LogP contribution is -2.15. The molecule has 3 aromatic rings. The maximum atomic E-state index is 6.25. The van der Waals surface area contributed by atoms with Crippen LogP contribution in [0.3, 0.4) is 0 Å². The molecule has 0 unspecified atom stereocenters. The Hall–Kier alpha value is -1.27. The maximum Gasteiger partial charge on any atom is 0.135 e. The van der Waals surface area contributed by atoms with E-state index < -0.39 is 0 Å². The number of aromatic nitrogens is 2. The van der Waals surface area contributed by atoms with E-state index in [0.717, 1.165) is 41.1 Å². The monoisotopic (exact) mass is 429 g/mol. The van der Waals surface area contributed by atoms with Crippen molar-refractivity contribution in [1.82, 2.24) is 14.9 Å². The Morgan fingerprint density at radius 2 is 2.12 bits per heavy atom. The second kappa shape index (κ2) is 9.28. The molecule has 0 spiro atoms. The summed E-state index contributed by atoms with van der Waals surface area (Å²) in [6, 6.07) is 9.72. The predicted molar refractivity (Wildman–Crippen MR) is 103 cm³/mol. The first-order valence-electron chi connectivity index (χ1n) is 7.43. The summed E-state index contributed by atoms with van der Waals surface area (Å²) in [5, 5.41) is 4.06. The Kier molecular flexibility index (Phi) is 7.37. The Balaban J connectivity index is 0.00000208. The van der Waals surface area contributed by atoms with Crippen LogP contribution in [0.4, 0.5) is 0 Å². The predicted octanol–water partition coefficient (Wildman–Crippen LogP) is 5.16. The Morgan fingerprint density at radius 3 is 2.88 bits per heavy atom. The zero-order valence-corrected chi connectivity index (χ0v) is 16.1. The summed E-state index contributed by atoms with van der Waals surface area (Å²) in [5.74, 6) is 1.69. The minimum atomic E-state index is 0. The zero-order chi connectivity index (χ0) is 16.1. The molecular formula is C17H18BrCl2N3O. The van der Waals surface area contributed by atoms with Gasteiger partial charge in [0.1, 0.15) is 11.5 Å². The smallest absolute Gasteiger partial charge is 0.135 e. The van der Waals surface area contributed by atoms with Gasteiger partial charge in [0.15, 0.2) is 0 Å². The highest BCUT2D eigenvalue weighted by molar-refractivity contribution is 9.10. The van der Waals surface area contributed by atoms with Crippen molar-refractivity contribution in [3.05, 3.63) is 64.3 Å². The number of hydrogen-bond donors (Lipinski definition) is 1. The molecule has 0 aliphatic rings. The molecule has 3 rings (SSSR count). The van der Waals surface area contributed by atoms with E-state index in [1.54, 1.807) is 6.20 Å². The minimum absolute atomic E-state index is 0. The Bertz CT molecular complexity index is 759. The van der Waals surface area contributed by atoms with Crippen LogP contribution in [0.15, 0.2) is 57.9 Å². The van der Waals surface area contributed by atoms with Crippen molar-refractivity contribution in [1.29, 1.82) is 0 Å². The van der Waals surface area contributed by atoms with Crippen LogP contribution in [0, 0.1) is 0 Å². The van der Waals surface area contributed by atoms with Gasteiger partial charge in [0.25, 0.3) is 0 Å². The van der Waals surface area contributed by atoms with Crippen LogP contribution in [0.1, 0.15) is 12.2 Å². The van der Waals surface area contributed by atoms with Gasteiger partial charge in [-0.3, -0.25) is 0 Å². The van der Waals surface area contributed by atoms with Crippen molar-refractivity contribution in [2.75, 3.05) is 6.54 Å². The van der Waals surface area contributed by atoms with Crippen LogP contribution < -0.4 is 5.32 Å². The highest BCUT2D eigenvalue weighted by atomic mass is 79.9. The number of halogens is 3. The van der Waals surface area contributed by atoms with Gasteiger partial charge in [-0.05, 0) is 43.3 Å². The molecule has 0 saturated carbocycles. The second-order valence-corrected chi connectivity index (χ2v) is 6.54. The van der Waals surface area contributed by atoms with Gasteiger partial charge in [0, 0.05) is 29.0 Å². The molecule has 0 saturated heterocycles. The van der Waals surface area contributed by atoms with Crippen molar-refractivity contribution in [3.8, 4) is 11.3 Å². The molecule has 0 aliphatic carbocycles. The number of furan rings is 1. The van der Waals surface area contributed by atoms with Crippen LogP contribution in [0.25, 0.3) is 11.3 Å². The van der Waals surface area contributed by atoms with Crippen LogP contribution in [0.5, 0.6) is 0 Å². The molecule has 0 amide bonds. The lowest BCUT2D eigenvalue weighted by molar-refractivity contribution is 0.484. The van der Waals surface area contributed by atoms with Gasteiger partial charge in [-0.2, -0.15) is 0 Å². The van der Waals surface area contributed by atoms with E-state index >= 15 is 0 Å². The number of hydrogen-bond acceptors (Lipinski definition) is 3. The lowest BCUT2D eigenvalue weighted by atomic mass is 10.2. The van der Waals surface area contributed by atoms with Gasteiger partial charge in [0.05, 0.1) is 17.9 Å². The molecule has 0 bridgehead atoms. The van der Waals surface area contributed by atoms with Crippen molar-refractivity contribution < 1.29 is 4.42 Å². The summed E-state index contributed by atoms with van der Waals surface area (Å²) in [7, 11) is 0. The third kappa shape index (κ3) is 5.11.